The van der Waals surface area contributed by atoms with Crippen molar-refractivity contribution in [3.05, 3.63) is 22.9 Å². The molecule has 1 aromatic heterocycles. The second-order valence-electron chi connectivity index (χ2n) is 7.71. The zero-order valence-electron chi connectivity index (χ0n) is 17.0. The van der Waals surface area contributed by atoms with E-state index >= 15 is 0 Å². The minimum Gasteiger partial charge on any atom is -0.483 e. The number of fused-ring (bicyclic) bond motifs is 4. The van der Waals surface area contributed by atoms with Crippen molar-refractivity contribution in [3.8, 4) is 5.88 Å². The van der Waals surface area contributed by atoms with E-state index < -0.39 is 5.97 Å². The molecule has 0 saturated carbocycles. The molecule has 2 fully saturated rings. The first-order valence-electron chi connectivity index (χ1n) is 9.94. The Labute approximate surface area is 174 Å². The third kappa shape index (κ3) is 4.88. The van der Waals surface area contributed by atoms with Gasteiger partial charge in [0.1, 0.15) is 5.56 Å². The second-order valence-corrected chi connectivity index (χ2v) is 7.71. The number of amides is 1. The average Bonchev–Trinajstić information content (AvgIpc) is 2.97. The highest BCUT2D eigenvalue weighted by Gasteiger charge is 2.38. The lowest BCUT2D eigenvalue weighted by Crippen LogP contribution is -2.47. The Morgan fingerprint density at radius 2 is 2.07 bits per heavy atom. The number of carbonyl (C=O) groups is 3. The number of rotatable bonds is 4. The first kappa shape index (κ1) is 22.0. The molecular formula is C20H27N3O7. The Balaban J connectivity index is 0.000000806. The number of carboxylic acids is 1. The minimum absolute atomic E-state index is 0.0151. The molecule has 0 spiro atoms. The smallest absolute Gasteiger partial charge is 0.317 e. The zero-order chi connectivity index (χ0) is 21.7. The van der Waals surface area contributed by atoms with Crippen molar-refractivity contribution in [2.24, 2.45) is 5.92 Å². The number of carboxylic acid groups (broad SMARTS) is 2. The summed E-state index contributed by atoms with van der Waals surface area (Å²) < 4.78 is 11.2. The molecule has 164 valence electrons. The van der Waals surface area contributed by atoms with Crippen LogP contribution in [0.25, 0.3) is 0 Å². The van der Waals surface area contributed by atoms with Gasteiger partial charge in [-0.3, -0.25) is 19.3 Å². The highest BCUT2D eigenvalue weighted by atomic mass is 16.5. The first-order valence-corrected chi connectivity index (χ1v) is 9.94. The number of nitrogens with zero attached hydrogens (tertiary/aromatic N) is 3. The van der Waals surface area contributed by atoms with Crippen LogP contribution in [0.2, 0.25) is 0 Å². The number of carbonyl (C=O) groups excluding carboxylic acids is 1. The molecule has 2 atom stereocenters. The van der Waals surface area contributed by atoms with Gasteiger partial charge in [0.25, 0.3) is 12.4 Å². The van der Waals surface area contributed by atoms with E-state index in [2.05, 4.69) is 4.98 Å². The van der Waals surface area contributed by atoms with Crippen LogP contribution in [0, 0.1) is 5.92 Å². The van der Waals surface area contributed by atoms with Gasteiger partial charge >= 0.3 is 5.97 Å². The van der Waals surface area contributed by atoms with E-state index in [9.17, 15) is 9.59 Å². The van der Waals surface area contributed by atoms with Gasteiger partial charge in [-0.15, -0.1) is 0 Å². The fourth-order valence-corrected chi connectivity index (χ4v) is 4.43. The van der Waals surface area contributed by atoms with Crippen LogP contribution in [0.15, 0.2) is 6.07 Å². The number of hydrogen-bond acceptors (Lipinski definition) is 7. The van der Waals surface area contributed by atoms with Gasteiger partial charge in [0.05, 0.1) is 32.9 Å². The van der Waals surface area contributed by atoms with Gasteiger partial charge in [-0.1, -0.05) is 0 Å². The van der Waals surface area contributed by atoms with E-state index in [1.165, 1.54) is 0 Å². The highest BCUT2D eigenvalue weighted by Crippen LogP contribution is 2.29. The third-order valence-corrected chi connectivity index (χ3v) is 5.60. The summed E-state index contributed by atoms with van der Waals surface area (Å²) in [6.07, 6.45) is 2.91. The molecule has 1 amide bonds. The molecule has 0 radical (unpaired) electrons. The molecule has 3 aliphatic rings. The summed E-state index contributed by atoms with van der Waals surface area (Å²) in [5.74, 6) is -0.484. The minimum atomic E-state index is -0.849. The molecule has 2 aliphatic heterocycles. The number of aliphatic carboxylic acids is 1. The van der Waals surface area contributed by atoms with Gasteiger partial charge in [-0.05, 0) is 30.9 Å². The SMILES string of the molecule is COc1nc2c(cc1C(=O)N1C[C@H]3COC[C@@H]1CN(CC(=O)O)C3)CCC2.O=CO. The van der Waals surface area contributed by atoms with Crippen molar-refractivity contribution >= 4 is 18.3 Å². The van der Waals surface area contributed by atoms with Crippen LogP contribution >= 0.6 is 0 Å². The van der Waals surface area contributed by atoms with Crippen molar-refractivity contribution in [2.45, 2.75) is 25.3 Å². The maximum Gasteiger partial charge on any atom is 0.317 e. The summed E-state index contributed by atoms with van der Waals surface area (Å²) in [6.45, 7) is 2.36. The number of ether oxygens (including phenoxy) is 2. The molecule has 1 aromatic rings. The lowest BCUT2D eigenvalue weighted by Gasteiger charge is -2.30. The number of aryl methyl sites for hydroxylation is 2. The Hall–Kier alpha value is -2.72. The summed E-state index contributed by atoms with van der Waals surface area (Å²) >= 11 is 0. The fourth-order valence-electron chi connectivity index (χ4n) is 4.43. The van der Waals surface area contributed by atoms with Crippen LogP contribution in [-0.4, -0.2) is 95.9 Å². The van der Waals surface area contributed by atoms with Crippen molar-refractivity contribution in [2.75, 3.05) is 46.5 Å². The van der Waals surface area contributed by atoms with E-state index in [4.69, 9.17) is 24.5 Å². The van der Waals surface area contributed by atoms with Gasteiger partial charge in [0.2, 0.25) is 5.88 Å². The van der Waals surface area contributed by atoms with Crippen LogP contribution in [0.1, 0.15) is 28.0 Å². The lowest BCUT2D eigenvalue weighted by molar-refractivity contribution is -0.138. The summed E-state index contributed by atoms with van der Waals surface area (Å²) in [6, 6.07) is 1.75. The van der Waals surface area contributed by atoms with Gasteiger partial charge in [0.15, 0.2) is 0 Å². The lowest BCUT2D eigenvalue weighted by atomic mass is 10.1. The Morgan fingerprint density at radius 1 is 1.30 bits per heavy atom. The second kappa shape index (κ2) is 9.86. The fraction of sp³-hybridized carbons (Fsp3) is 0.600. The topological polar surface area (TPSA) is 130 Å². The van der Waals surface area contributed by atoms with E-state index in [1.54, 1.807) is 7.11 Å². The predicted molar refractivity (Wildman–Crippen MR) is 105 cm³/mol. The van der Waals surface area contributed by atoms with E-state index in [1.807, 2.05) is 15.9 Å². The molecule has 4 rings (SSSR count). The quantitative estimate of drug-likeness (QED) is 0.652. The molecule has 10 heteroatoms. The first-order chi connectivity index (χ1) is 14.5. The molecule has 30 heavy (non-hydrogen) atoms. The predicted octanol–water partition coefficient (Wildman–Crippen LogP) is 0.137. The van der Waals surface area contributed by atoms with Gasteiger partial charge in [0, 0.05) is 31.2 Å². The Kier molecular flexibility index (Phi) is 7.22. The van der Waals surface area contributed by atoms with Crippen LogP contribution in [0.5, 0.6) is 5.88 Å². The molecule has 0 unspecified atom stereocenters. The van der Waals surface area contributed by atoms with Gasteiger partial charge < -0.3 is 24.6 Å². The maximum absolute atomic E-state index is 13.4. The van der Waals surface area contributed by atoms with Crippen LogP contribution in [-0.2, 0) is 27.2 Å². The average molecular weight is 421 g/mol. The van der Waals surface area contributed by atoms with Gasteiger partial charge in [-0.2, -0.15) is 0 Å². The number of methoxy groups -OCH3 is 1. The summed E-state index contributed by atoms with van der Waals surface area (Å²) in [4.78, 5) is 41.2. The normalized spacial score (nSPS) is 22.9. The third-order valence-electron chi connectivity index (χ3n) is 5.60. The van der Waals surface area contributed by atoms with E-state index in [-0.39, 0.29) is 30.9 Å². The molecule has 2 saturated heterocycles. The van der Waals surface area contributed by atoms with Crippen LogP contribution in [0.4, 0.5) is 0 Å². The van der Waals surface area contributed by atoms with Crippen molar-refractivity contribution in [1.29, 1.82) is 0 Å². The molecule has 2 N–H and O–H groups in total. The maximum atomic E-state index is 13.4. The number of pyridine rings is 1. The largest absolute Gasteiger partial charge is 0.483 e. The standard InChI is InChI=1S/C19H25N3O5.CH2O2/c1-26-18-15(5-13-3-2-4-16(13)20-18)19(25)22-7-12-6-21(9-17(23)24)8-14(22)11-27-10-12;2-1-3/h5,12,14H,2-4,6-11H2,1H3,(H,23,24);1H,(H,2,3)/t12-,14-;/m0./s1. The monoisotopic (exact) mass is 421 g/mol. The number of hydrogen-bond donors (Lipinski definition) is 2. The molecular weight excluding hydrogens is 394 g/mol. The van der Waals surface area contributed by atoms with Crippen molar-refractivity contribution in [3.63, 3.8) is 0 Å². The van der Waals surface area contributed by atoms with Crippen LogP contribution < -0.4 is 4.74 Å². The molecule has 2 bridgehead atoms. The highest BCUT2D eigenvalue weighted by molar-refractivity contribution is 5.97. The molecule has 0 aromatic carbocycles. The molecule has 3 heterocycles. The number of aromatic nitrogens is 1. The van der Waals surface area contributed by atoms with Gasteiger partial charge in [-0.25, -0.2) is 4.98 Å². The van der Waals surface area contributed by atoms with Crippen molar-refractivity contribution in [1.82, 2.24) is 14.8 Å². The Bertz CT molecular complexity index is 801. The molecule has 1 aliphatic carbocycles. The molecule has 10 nitrogen and oxygen atoms in total. The van der Waals surface area contributed by atoms with E-state index in [0.29, 0.717) is 44.3 Å². The zero-order valence-corrected chi connectivity index (χ0v) is 17.0. The van der Waals surface area contributed by atoms with E-state index in [0.717, 1.165) is 30.5 Å². The Morgan fingerprint density at radius 3 is 2.77 bits per heavy atom. The van der Waals surface area contributed by atoms with Crippen molar-refractivity contribution < 1.29 is 34.1 Å². The van der Waals surface area contributed by atoms with Crippen LogP contribution in [0.3, 0.4) is 0 Å². The summed E-state index contributed by atoms with van der Waals surface area (Å²) in [5.41, 5.74) is 2.64. The summed E-state index contributed by atoms with van der Waals surface area (Å²) in [7, 11) is 1.54. The summed E-state index contributed by atoms with van der Waals surface area (Å²) in [5, 5.41) is 16.0.